The molecule has 2 atom stereocenters. The first-order chi connectivity index (χ1) is 17.6. The number of methoxy groups -OCH3 is 1. The number of carbonyl (C=O) groups is 1. The van der Waals surface area contributed by atoms with Gasteiger partial charge in [0.25, 0.3) is 0 Å². The zero-order chi connectivity index (χ0) is 25.2. The van der Waals surface area contributed by atoms with E-state index < -0.39 is 7.29 Å². The number of amides is 1. The Morgan fingerprint density at radius 3 is 1.81 bits per heavy atom. The summed E-state index contributed by atoms with van der Waals surface area (Å²) in [4.78, 5) is 11.6. The summed E-state index contributed by atoms with van der Waals surface area (Å²) in [6.07, 6.45) is 1.92. The maximum Gasteiger partial charge on any atom is 0.207 e. The van der Waals surface area contributed by atoms with Gasteiger partial charge in [-0.2, -0.15) is 0 Å². The van der Waals surface area contributed by atoms with Crippen molar-refractivity contribution in [1.29, 1.82) is 0 Å². The minimum Gasteiger partial charge on any atom is -0.497 e. The van der Waals surface area contributed by atoms with Crippen LogP contribution in [0, 0.1) is 0 Å². The van der Waals surface area contributed by atoms with Gasteiger partial charge in [0.15, 0.2) is 0 Å². The number of benzene rings is 4. The Morgan fingerprint density at radius 2 is 1.31 bits per heavy atom. The second kappa shape index (κ2) is 12.3. The van der Waals surface area contributed by atoms with Crippen LogP contribution < -0.4 is 25.8 Å². The molecule has 0 saturated heterocycles. The standard InChI is InChI=1S/C30H31N2O3P/c1-35-27-19-17-25(18-20-27)30(31-23-33)22-26(21-24-11-5-2-6-12-24)32-36(34,28-13-7-3-8-14-28)29-15-9-4-10-16-29/h2-20,23,26,30H,21-22H2,1H3,(H,31,33)(H,32,34)/t26-,30+/m1/s1. The van der Waals surface area contributed by atoms with Crippen molar-refractivity contribution in [3.63, 3.8) is 0 Å². The maximum atomic E-state index is 14.8. The Bertz CT molecular complexity index is 1220. The Morgan fingerprint density at radius 1 is 0.778 bits per heavy atom. The minimum absolute atomic E-state index is 0.196. The molecule has 0 spiro atoms. The van der Waals surface area contributed by atoms with Crippen LogP contribution >= 0.6 is 7.29 Å². The van der Waals surface area contributed by atoms with Crippen molar-refractivity contribution in [3.8, 4) is 5.75 Å². The van der Waals surface area contributed by atoms with Crippen LogP contribution in [0.5, 0.6) is 5.75 Å². The van der Waals surface area contributed by atoms with Crippen LogP contribution in [-0.2, 0) is 15.8 Å². The largest absolute Gasteiger partial charge is 0.497 e. The normalized spacial score (nSPS) is 12.9. The predicted octanol–water partition coefficient (Wildman–Crippen LogP) is 5.00. The van der Waals surface area contributed by atoms with Crippen LogP contribution in [-0.4, -0.2) is 19.6 Å². The van der Waals surface area contributed by atoms with Gasteiger partial charge in [0.05, 0.1) is 13.2 Å². The number of rotatable bonds is 12. The van der Waals surface area contributed by atoms with E-state index in [1.165, 1.54) is 0 Å². The number of ether oxygens (including phenoxy) is 1. The maximum absolute atomic E-state index is 14.8. The molecule has 36 heavy (non-hydrogen) atoms. The quantitative estimate of drug-likeness (QED) is 0.213. The third kappa shape index (κ3) is 6.31. The van der Waals surface area contributed by atoms with Crippen LogP contribution in [0.3, 0.4) is 0 Å². The van der Waals surface area contributed by atoms with E-state index in [-0.39, 0.29) is 12.1 Å². The van der Waals surface area contributed by atoms with E-state index in [1.54, 1.807) is 7.11 Å². The second-order valence-corrected chi connectivity index (χ2v) is 11.2. The highest BCUT2D eigenvalue weighted by Crippen LogP contribution is 2.40. The Kier molecular flexibility index (Phi) is 8.72. The SMILES string of the molecule is COc1ccc([C@H](C[C@@H](Cc2ccccc2)NP(=O)(c2ccccc2)c2ccccc2)NC=O)cc1. The third-order valence-corrected chi connectivity index (χ3v) is 9.02. The minimum atomic E-state index is -3.18. The van der Waals surface area contributed by atoms with Gasteiger partial charge in [-0.25, -0.2) is 0 Å². The lowest BCUT2D eigenvalue weighted by Crippen LogP contribution is -2.39. The summed E-state index contributed by atoms with van der Waals surface area (Å²) in [7, 11) is -1.56. The molecule has 184 valence electrons. The summed E-state index contributed by atoms with van der Waals surface area (Å²) in [5.74, 6) is 0.750. The van der Waals surface area contributed by atoms with Crippen LogP contribution in [0.25, 0.3) is 0 Å². The van der Waals surface area contributed by atoms with Crippen molar-refractivity contribution in [2.24, 2.45) is 0 Å². The fourth-order valence-corrected chi connectivity index (χ4v) is 6.91. The predicted molar refractivity (Wildman–Crippen MR) is 146 cm³/mol. The highest BCUT2D eigenvalue weighted by molar-refractivity contribution is 7.76. The molecule has 0 aromatic heterocycles. The van der Waals surface area contributed by atoms with Gasteiger partial charge in [0.2, 0.25) is 13.7 Å². The second-order valence-electron chi connectivity index (χ2n) is 8.64. The molecule has 0 saturated carbocycles. The van der Waals surface area contributed by atoms with Crippen molar-refractivity contribution in [3.05, 3.63) is 126 Å². The third-order valence-electron chi connectivity index (χ3n) is 6.24. The smallest absolute Gasteiger partial charge is 0.207 e. The highest BCUT2D eigenvalue weighted by Gasteiger charge is 2.31. The zero-order valence-electron chi connectivity index (χ0n) is 20.3. The summed E-state index contributed by atoms with van der Waals surface area (Å²) in [5.41, 5.74) is 2.08. The summed E-state index contributed by atoms with van der Waals surface area (Å²) in [6.45, 7) is 0. The van der Waals surface area contributed by atoms with Crippen LogP contribution in [0.2, 0.25) is 0 Å². The van der Waals surface area contributed by atoms with Gasteiger partial charge in [-0.05, 0) is 60.4 Å². The average Bonchev–Trinajstić information content (AvgIpc) is 2.94. The molecular formula is C30H31N2O3P. The van der Waals surface area contributed by atoms with E-state index in [9.17, 15) is 9.36 Å². The number of hydrogen-bond donors (Lipinski definition) is 2. The Hall–Kier alpha value is -3.66. The van der Waals surface area contributed by atoms with Gasteiger partial charge in [-0.1, -0.05) is 78.9 Å². The first kappa shape index (κ1) is 25.4. The fourth-order valence-electron chi connectivity index (χ4n) is 4.41. The highest BCUT2D eigenvalue weighted by atomic mass is 31.2. The van der Waals surface area contributed by atoms with Crippen LogP contribution in [0.15, 0.2) is 115 Å². The molecule has 6 heteroatoms. The lowest BCUT2D eigenvalue weighted by atomic mass is 9.95. The molecule has 0 aliphatic rings. The van der Waals surface area contributed by atoms with Gasteiger partial charge in [0.1, 0.15) is 5.75 Å². The molecule has 4 aromatic rings. The molecule has 0 aliphatic heterocycles. The monoisotopic (exact) mass is 498 g/mol. The molecule has 0 aliphatic carbocycles. The van der Waals surface area contributed by atoms with Crippen molar-refractivity contribution in [2.75, 3.05) is 7.11 Å². The van der Waals surface area contributed by atoms with E-state index in [2.05, 4.69) is 22.5 Å². The van der Waals surface area contributed by atoms with E-state index in [1.807, 2.05) is 103 Å². The Labute approximate surface area is 213 Å². The molecule has 1 amide bonds. The molecule has 4 rings (SSSR count). The fraction of sp³-hybridized carbons (Fsp3) is 0.167. The zero-order valence-corrected chi connectivity index (χ0v) is 21.2. The van der Waals surface area contributed by atoms with Crippen molar-refractivity contribution >= 4 is 24.3 Å². The first-order valence-corrected chi connectivity index (χ1v) is 13.7. The lowest BCUT2D eigenvalue weighted by molar-refractivity contribution is -0.110. The van der Waals surface area contributed by atoms with E-state index in [4.69, 9.17) is 4.74 Å². The van der Waals surface area contributed by atoms with E-state index in [0.29, 0.717) is 12.8 Å². The molecule has 0 fully saturated rings. The summed E-state index contributed by atoms with van der Waals surface area (Å²) in [6, 6.07) is 36.5. The van der Waals surface area contributed by atoms with Gasteiger partial charge >= 0.3 is 0 Å². The number of carbonyl (C=O) groups excluding carboxylic acids is 1. The number of hydrogen-bond acceptors (Lipinski definition) is 3. The average molecular weight is 499 g/mol. The molecule has 2 N–H and O–H groups in total. The van der Waals surface area contributed by atoms with Crippen molar-refractivity contribution < 1.29 is 14.1 Å². The van der Waals surface area contributed by atoms with E-state index in [0.717, 1.165) is 33.9 Å². The van der Waals surface area contributed by atoms with Crippen LogP contribution in [0.4, 0.5) is 0 Å². The first-order valence-electron chi connectivity index (χ1n) is 12.0. The van der Waals surface area contributed by atoms with Gasteiger partial charge < -0.3 is 10.1 Å². The summed E-state index contributed by atoms with van der Waals surface area (Å²) in [5, 5.41) is 8.03. The van der Waals surface area contributed by atoms with Crippen molar-refractivity contribution in [1.82, 2.24) is 10.4 Å². The molecule has 5 nitrogen and oxygen atoms in total. The molecule has 0 radical (unpaired) electrons. The van der Waals surface area contributed by atoms with E-state index >= 15 is 0 Å². The van der Waals surface area contributed by atoms with Gasteiger partial charge in [0, 0.05) is 16.7 Å². The summed E-state index contributed by atoms with van der Waals surface area (Å²) < 4.78 is 20.1. The van der Waals surface area contributed by atoms with Gasteiger partial charge in [-0.15, -0.1) is 0 Å². The summed E-state index contributed by atoms with van der Waals surface area (Å²) >= 11 is 0. The molecular weight excluding hydrogens is 467 g/mol. The number of nitrogens with one attached hydrogen (secondary N) is 2. The molecule has 4 aromatic carbocycles. The van der Waals surface area contributed by atoms with Crippen LogP contribution in [0.1, 0.15) is 23.6 Å². The lowest BCUT2D eigenvalue weighted by Gasteiger charge is -2.30. The Balaban J connectivity index is 1.71. The van der Waals surface area contributed by atoms with Crippen molar-refractivity contribution in [2.45, 2.75) is 24.9 Å². The molecule has 0 heterocycles. The topological polar surface area (TPSA) is 67.4 Å². The molecule has 0 unspecified atom stereocenters. The molecule has 0 bridgehead atoms. The van der Waals surface area contributed by atoms with Gasteiger partial charge in [-0.3, -0.25) is 14.4 Å².